The third-order valence-electron chi connectivity index (χ3n) is 4.59. The molecule has 4 aliphatic carbocycles. The lowest BCUT2D eigenvalue weighted by molar-refractivity contribution is 0.620. The molecule has 0 amide bonds. The molecule has 4 heteroatoms. The molecule has 7 unspecified atom stereocenters. The first kappa shape index (κ1) is 11.6. The van der Waals surface area contributed by atoms with Gasteiger partial charge in [0.1, 0.15) is 0 Å². The topological polar surface area (TPSA) is 0 Å². The minimum atomic E-state index is 0.470. The van der Waals surface area contributed by atoms with Crippen LogP contribution >= 0.6 is 42.4 Å². The summed E-state index contributed by atoms with van der Waals surface area (Å²) in [7, 11) is 1.14. The van der Waals surface area contributed by atoms with E-state index >= 15 is 0 Å². The SMILES string of the molecule is CC(C)(C)B(I)PC1C2CC3C(C2Cl)C31. The van der Waals surface area contributed by atoms with Crippen LogP contribution in [0.25, 0.3) is 0 Å². The molecule has 4 bridgehead atoms. The molecule has 0 aromatic heterocycles. The smallest absolute Gasteiger partial charge is 0.142 e. The molecule has 0 N–H and O–H groups in total. The van der Waals surface area contributed by atoms with E-state index in [1.165, 1.54) is 6.42 Å². The van der Waals surface area contributed by atoms with Gasteiger partial charge >= 0.3 is 0 Å². The van der Waals surface area contributed by atoms with Gasteiger partial charge in [0.25, 0.3) is 0 Å². The van der Waals surface area contributed by atoms with Crippen molar-refractivity contribution in [3.63, 3.8) is 0 Å². The lowest BCUT2D eigenvalue weighted by Gasteiger charge is -2.27. The van der Waals surface area contributed by atoms with E-state index in [0.29, 0.717) is 10.7 Å². The Morgan fingerprint density at radius 3 is 2.27 bits per heavy atom. The molecule has 84 valence electrons. The fraction of sp³-hybridized carbons (Fsp3) is 1.00. The highest BCUT2D eigenvalue weighted by molar-refractivity contribution is 14.1. The van der Waals surface area contributed by atoms with Crippen LogP contribution in [0.15, 0.2) is 0 Å². The third kappa shape index (κ3) is 1.64. The molecule has 15 heavy (non-hydrogen) atoms. The van der Waals surface area contributed by atoms with Gasteiger partial charge in [-0.2, -0.15) is 0 Å². The third-order valence-corrected chi connectivity index (χ3v) is 10.5. The molecule has 4 rings (SSSR count). The Morgan fingerprint density at radius 1 is 1.27 bits per heavy atom. The molecular weight excluding hydrogens is 336 g/mol. The van der Waals surface area contributed by atoms with Crippen LogP contribution in [0.2, 0.25) is 5.31 Å². The summed E-state index contributed by atoms with van der Waals surface area (Å²) in [6.07, 6.45) is 1.47. The van der Waals surface area contributed by atoms with Crippen molar-refractivity contribution < 1.29 is 0 Å². The Kier molecular flexibility index (Phi) is 2.71. The molecular formula is C11H18BClIP. The predicted molar refractivity (Wildman–Crippen MR) is 79.8 cm³/mol. The van der Waals surface area contributed by atoms with Crippen molar-refractivity contribution in [1.82, 2.24) is 0 Å². The molecule has 4 fully saturated rings. The van der Waals surface area contributed by atoms with Gasteiger partial charge in [0, 0.05) is 5.38 Å². The van der Waals surface area contributed by atoms with Crippen LogP contribution < -0.4 is 0 Å². The maximum atomic E-state index is 6.49. The van der Waals surface area contributed by atoms with Gasteiger partial charge in [-0.25, -0.2) is 0 Å². The molecule has 0 spiro atoms. The lowest BCUT2D eigenvalue weighted by atomic mass is 9.73. The lowest BCUT2D eigenvalue weighted by Crippen LogP contribution is -2.20. The minimum Gasteiger partial charge on any atom is -0.142 e. The first-order chi connectivity index (χ1) is 6.91. The second-order valence-electron chi connectivity index (χ2n) is 6.58. The normalized spacial score (nSPS) is 51.8. The van der Waals surface area contributed by atoms with Crippen molar-refractivity contribution in [3.05, 3.63) is 0 Å². The highest BCUT2D eigenvalue weighted by Gasteiger charge is 2.72. The summed E-state index contributed by atoms with van der Waals surface area (Å²) in [5, 5.41) is 1.03. The number of halogens is 2. The largest absolute Gasteiger partial charge is 0.248 e. The van der Waals surface area contributed by atoms with E-state index in [1.807, 2.05) is 0 Å². The van der Waals surface area contributed by atoms with Crippen LogP contribution in [0.3, 0.4) is 0 Å². The molecule has 0 aromatic carbocycles. The van der Waals surface area contributed by atoms with Gasteiger partial charge in [0.2, 0.25) is 4.29 Å². The monoisotopic (exact) mass is 354 g/mol. The molecule has 0 heterocycles. The number of hydrogen-bond donors (Lipinski definition) is 0. The van der Waals surface area contributed by atoms with Crippen molar-refractivity contribution in [1.29, 1.82) is 0 Å². The van der Waals surface area contributed by atoms with E-state index < -0.39 is 0 Å². The van der Waals surface area contributed by atoms with Gasteiger partial charge in [0.15, 0.2) is 0 Å². The molecule has 0 saturated heterocycles. The first-order valence-corrected chi connectivity index (χ1v) is 8.79. The molecule has 0 aromatic rings. The second-order valence-corrected chi connectivity index (χ2v) is 11.1. The maximum Gasteiger partial charge on any atom is 0.248 e. The van der Waals surface area contributed by atoms with Crippen LogP contribution in [0.5, 0.6) is 0 Å². The van der Waals surface area contributed by atoms with Crippen molar-refractivity contribution in [2.75, 3.05) is 0 Å². The van der Waals surface area contributed by atoms with E-state index in [4.69, 9.17) is 11.6 Å². The zero-order valence-corrected chi connectivity index (χ0v) is 13.4. The fourth-order valence-electron chi connectivity index (χ4n) is 3.71. The zero-order valence-electron chi connectivity index (χ0n) is 9.50. The van der Waals surface area contributed by atoms with Gasteiger partial charge in [-0.3, -0.25) is 0 Å². The van der Waals surface area contributed by atoms with Crippen molar-refractivity contribution in [2.45, 2.75) is 43.5 Å². The second kappa shape index (κ2) is 3.51. The molecule has 7 atom stereocenters. The minimum absolute atomic E-state index is 0.470. The fourth-order valence-corrected chi connectivity index (χ4v) is 7.81. The van der Waals surface area contributed by atoms with Crippen LogP contribution in [0, 0.1) is 23.7 Å². The van der Waals surface area contributed by atoms with Crippen LogP contribution in [-0.2, 0) is 0 Å². The van der Waals surface area contributed by atoms with E-state index in [2.05, 4.69) is 43.1 Å². The predicted octanol–water partition coefficient (Wildman–Crippen LogP) is 4.26. The Labute approximate surface area is 113 Å². The summed E-state index contributed by atoms with van der Waals surface area (Å²) in [5.74, 6) is 3.94. The summed E-state index contributed by atoms with van der Waals surface area (Å²) in [4.78, 5) is 0. The summed E-state index contributed by atoms with van der Waals surface area (Å²) < 4.78 is 0.838. The molecule has 4 aliphatic rings. The first-order valence-electron chi connectivity index (χ1n) is 5.95. The van der Waals surface area contributed by atoms with E-state index in [0.717, 1.165) is 42.1 Å². The standard InChI is InChI=1S/C11H18BClIP/c1-11(2,3)12(14)15-10-6-4-5-7(8(5)10)9(6)13/h5-10,15H,4H2,1-3H3. The van der Waals surface area contributed by atoms with Gasteiger partial charge in [-0.15, -0.1) is 42.4 Å². The Morgan fingerprint density at radius 2 is 1.93 bits per heavy atom. The van der Waals surface area contributed by atoms with Crippen LogP contribution in [0.1, 0.15) is 27.2 Å². The van der Waals surface area contributed by atoms with Gasteiger partial charge < -0.3 is 0 Å². The highest BCUT2D eigenvalue weighted by Crippen LogP contribution is 2.76. The molecule has 0 nitrogen and oxygen atoms in total. The highest BCUT2D eigenvalue weighted by atomic mass is 127. The van der Waals surface area contributed by atoms with E-state index in [-0.39, 0.29) is 0 Å². The van der Waals surface area contributed by atoms with Gasteiger partial charge in [0.05, 0.1) is 0 Å². The summed E-state index contributed by atoms with van der Waals surface area (Å²) >= 11 is 9.16. The average Bonchev–Trinajstić information content (AvgIpc) is 2.43. The zero-order chi connectivity index (χ0) is 11.0. The Hall–Kier alpha value is 1.51. The van der Waals surface area contributed by atoms with Gasteiger partial charge in [-0.05, 0) is 41.1 Å². The number of alkyl halides is 1. The Balaban J connectivity index is 1.67. The van der Waals surface area contributed by atoms with E-state index in [9.17, 15) is 0 Å². The Bertz CT molecular complexity index is 293. The van der Waals surface area contributed by atoms with Crippen molar-refractivity contribution in [3.8, 4) is 0 Å². The molecule has 4 saturated carbocycles. The van der Waals surface area contributed by atoms with Crippen molar-refractivity contribution >= 4 is 46.7 Å². The molecule has 0 aliphatic heterocycles. The van der Waals surface area contributed by atoms with Crippen LogP contribution in [0.4, 0.5) is 0 Å². The average molecular weight is 354 g/mol. The molecule has 0 radical (unpaired) electrons. The van der Waals surface area contributed by atoms with Crippen LogP contribution in [-0.4, -0.2) is 15.3 Å². The summed E-state index contributed by atoms with van der Waals surface area (Å²) in [6.45, 7) is 7.12. The number of rotatable bonds is 2. The summed E-state index contributed by atoms with van der Waals surface area (Å²) in [6, 6.07) is 0. The van der Waals surface area contributed by atoms with Gasteiger partial charge in [-0.1, -0.05) is 20.8 Å². The quantitative estimate of drug-likeness (QED) is 0.301. The summed E-state index contributed by atoms with van der Waals surface area (Å²) in [5.41, 5.74) is 1.00. The number of hydrogen-bond acceptors (Lipinski definition) is 0. The van der Waals surface area contributed by atoms with Crippen molar-refractivity contribution in [2.24, 2.45) is 23.7 Å². The van der Waals surface area contributed by atoms with E-state index in [1.54, 1.807) is 0 Å². The maximum absolute atomic E-state index is 6.49.